The lowest BCUT2D eigenvalue weighted by Crippen LogP contribution is -2.35. The summed E-state index contributed by atoms with van der Waals surface area (Å²) in [5.41, 5.74) is 2.35. The molecule has 0 aromatic heterocycles. The molecule has 0 radical (unpaired) electrons. The molecule has 2 amide bonds. The monoisotopic (exact) mass is 341 g/mol. The molecule has 2 N–H and O–H groups in total. The van der Waals surface area contributed by atoms with E-state index >= 15 is 0 Å². The molecule has 7 heteroatoms. The molecule has 0 aliphatic heterocycles. The van der Waals surface area contributed by atoms with E-state index in [1.807, 2.05) is 6.07 Å². The van der Waals surface area contributed by atoms with Gasteiger partial charge in [-0.05, 0) is 36.8 Å². The smallest absolute Gasteiger partial charge is 0.258 e. The summed E-state index contributed by atoms with van der Waals surface area (Å²) in [5.74, 6) is -1.82. The first-order valence-corrected chi connectivity index (χ1v) is 7.48. The third-order valence-electron chi connectivity index (χ3n) is 3.63. The van der Waals surface area contributed by atoms with E-state index < -0.39 is 17.6 Å². The highest BCUT2D eigenvalue weighted by molar-refractivity contribution is 6.06. The molecule has 0 bridgehead atoms. The van der Waals surface area contributed by atoms with Crippen molar-refractivity contribution < 1.29 is 19.2 Å². The minimum Gasteiger partial charge on any atom is -0.305 e. The quantitative estimate of drug-likeness (QED) is 0.645. The molecule has 0 aliphatic carbocycles. The Kier molecular flexibility index (Phi) is 5.82. The third kappa shape index (κ3) is 4.19. The molecule has 0 unspecified atom stereocenters. The molecule has 0 heterocycles. The Balaban J connectivity index is 2.43. The summed E-state index contributed by atoms with van der Waals surface area (Å²) in [7, 11) is 0. The first-order valence-electron chi connectivity index (χ1n) is 7.48. The summed E-state index contributed by atoms with van der Waals surface area (Å²) in [5, 5.41) is 17.6. The van der Waals surface area contributed by atoms with Gasteiger partial charge in [-0.2, -0.15) is 5.26 Å². The zero-order chi connectivity index (χ0) is 18.4. The van der Waals surface area contributed by atoms with Crippen LogP contribution in [0.4, 0.5) is 10.1 Å². The van der Waals surface area contributed by atoms with Crippen LogP contribution in [0.5, 0.6) is 0 Å². The zero-order valence-electron chi connectivity index (χ0n) is 13.5. The fraction of sp³-hybridized carbons (Fsp3) is 0.167. The lowest BCUT2D eigenvalue weighted by atomic mass is 10.1. The summed E-state index contributed by atoms with van der Waals surface area (Å²) in [6, 6.07) is 12.6. The first-order chi connectivity index (χ1) is 12.0. The maximum atomic E-state index is 14.5. The van der Waals surface area contributed by atoms with Crippen LogP contribution in [0, 0.1) is 24.1 Å². The van der Waals surface area contributed by atoms with E-state index in [0.29, 0.717) is 11.1 Å². The molecule has 0 saturated carbocycles. The number of nitrogens with zero attached hydrogens (tertiary/aromatic N) is 2. The Morgan fingerprint density at radius 3 is 2.68 bits per heavy atom. The van der Waals surface area contributed by atoms with Crippen molar-refractivity contribution in [3.63, 3.8) is 0 Å². The molecule has 2 aromatic carbocycles. The minimum absolute atomic E-state index is 0.0260. The van der Waals surface area contributed by atoms with Crippen LogP contribution in [-0.2, 0) is 4.79 Å². The van der Waals surface area contributed by atoms with Gasteiger partial charge in [-0.15, -0.1) is 0 Å². The number of hydrogen-bond acceptors (Lipinski definition) is 4. The molecule has 0 spiro atoms. The van der Waals surface area contributed by atoms with E-state index in [1.54, 1.807) is 31.2 Å². The lowest BCUT2D eigenvalue weighted by molar-refractivity contribution is -0.128. The number of carbonyl (C=O) groups is 2. The SMILES string of the molecule is Cc1cccc(N(CCC(=O)NO)C(=O)c2cccc(C#N)c2)c1F. The van der Waals surface area contributed by atoms with Gasteiger partial charge in [-0.1, -0.05) is 18.2 Å². The summed E-state index contributed by atoms with van der Waals surface area (Å²) in [6.07, 6.45) is -0.215. The van der Waals surface area contributed by atoms with E-state index in [0.717, 1.165) is 4.90 Å². The van der Waals surface area contributed by atoms with E-state index in [9.17, 15) is 14.0 Å². The molecule has 2 rings (SSSR count). The Morgan fingerprint density at radius 2 is 2.00 bits per heavy atom. The van der Waals surface area contributed by atoms with Gasteiger partial charge >= 0.3 is 0 Å². The highest BCUT2D eigenvalue weighted by Gasteiger charge is 2.22. The summed E-state index contributed by atoms with van der Waals surface area (Å²) in [4.78, 5) is 25.3. The van der Waals surface area contributed by atoms with Gasteiger partial charge < -0.3 is 4.90 Å². The Labute approximate surface area is 144 Å². The molecular formula is C18H16FN3O3. The number of nitrogens with one attached hydrogen (secondary N) is 1. The highest BCUT2D eigenvalue weighted by Crippen LogP contribution is 2.24. The maximum absolute atomic E-state index is 14.5. The summed E-state index contributed by atoms with van der Waals surface area (Å²) in [6.45, 7) is 1.43. The number of anilines is 1. The number of benzene rings is 2. The molecule has 128 valence electrons. The van der Waals surface area contributed by atoms with Gasteiger partial charge in [0.2, 0.25) is 5.91 Å². The van der Waals surface area contributed by atoms with Crippen molar-refractivity contribution in [2.45, 2.75) is 13.3 Å². The van der Waals surface area contributed by atoms with Crippen LogP contribution in [0.15, 0.2) is 42.5 Å². The van der Waals surface area contributed by atoms with Crippen LogP contribution in [0.3, 0.4) is 0 Å². The van der Waals surface area contributed by atoms with Crippen LogP contribution in [-0.4, -0.2) is 23.6 Å². The van der Waals surface area contributed by atoms with Gasteiger partial charge in [-0.3, -0.25) is 14.8 Å². The summed E-state index contributed by atoms with van der Waals surface area (Å²) >= 11 is 0. The topological polar surface area (TPSA) is 93.4 Å². The van der Waals surface area contributed by atoms with Crippen LogP contribution in [0.1, 0.15) is 27.9 Å². The Bertz CT molecular complexity index is 846. The molecule has 0 atom stereocenters. The van der Waals surface area contributed by atoms with Gasteiger partial charge in [0.1, 0.15) is 5.82 Å². The van der Waals surface area contributed by atoms with Crippen molar-refractivity contribution in [1.82, 2.24) is 5.48 Å². The molecular weight excluding hydrogens is 325 g/mol. The number of amides is 2. The highest BCUT2D eigenvalue weighted by atomic mass is 19.1. The number of nitriles is 1. The van der Waals surface area contributed by atoms with E-state index in [4.69, 9.17) is 10.5 Å². The molecule has 0 aliphatic rings. The second kappa shape index (κ2) is 8.04. The Morgan fingerprint density at radius 1 is 1.28 bits per heavy atom. The lowest BCUT2D eigenvalue weighted by Gasteiger charge is -2.23. The molecule has 6 nitrogen and oxygen atoms in total. The average Bonchev–Trinajstić information content (AvgIpc) is 2.64. The number of hydroxylamine groups is 1. The van der Waals surface area contributed by atoms with E-state index in [-0.39, 0.29) is 24.2 Å². The maximum Gasteiger partial charge on any atom is 0.258 e. The van der Waals surface area contributed by atoms with Crippen LogP contribution < -0.4 is 10.4 Å². The van der Waals surface area contributed by atoms with Gasteiger partial charge in [0.25, 0.3) is 5.91 Å². The third-order valence-corrected chi connectivity index (χ3v) is 3.63. The second-order valence-corrected chi connectivity index (χ2v) is 5.34. The van der Waals surface area contributed by atoms with Crippen LogP contribution in [0.25, 0.3) is 0 Å². The zero-order valence-corrected chi connectivity index (χ0v) is 13.5. The minimum atomic E-state index is -0.698. The van der Waals surface area contributed by atoms with Crippen LogP contribution >= 0.6 is 0 Å². The molecule has 2 aromatic rings. The predicted molar refractivity (Wildman–Crippen MR) is 88.5 cm³/mol. The molecule has 0 fully saturated rings. The van der Waals surface area contributed by atoms with Crippen molar-refractivity contribution in [2.75, 3.05) is 11.4 Å². The van der Waals surface area contributed by atoms with Gasteiger partial charge in [0.05, 0.1) is 17.3 Å². The van der Waals surface area contributed by atoms with Gasteiger partial charge in [0, 0.05) is 18.5 Å². The standard InChI is InChI=1S/C18H16FN3O3/c1-12-4-2-7-15(17(12)19)22(9-8-16(23)21-25)18(24)14-6-3-5-13(10-14)11-20/h2-7,10,25H,8-9H2,1H3,(H,21,23). The van der Waals surface area contributed by atoms with E-state index in [2.05, 4.69) is 0 Å². The largest absolute Gasteiger partial charge is 0.305 e. The second-order valence-electron chi connectivity index (χ2n) is 5.34. The van der Waals surface area contributed by atoms with Crippen LogP contribution in [0.2, 0.25) is 0 Å². The van der Waals surface area contributed by atoms with E-state index in [1.165, 1.54) is 23.7 Å². The van der Waals surface area contributed by atoms with Crippen molar-refractivity contribution >= 4 is 17.5 Å². The molecule has 0 saturated heterocycles. The first kappa shape index (κ1) is 18.1. The fourth-order valence-corrected chi connectivity index (χ4v) is 2.32. The average molecular weight is 341 g/mol. The fourth-order valence-electron chi connectivity index (χ4n) is 2.32. The van der Waals surface area contributed by atoms with Gasteiger partial charge in [-0.25, -0.2) is 9.87 Å². The number of hydrogen-bond donors (Lipinski definition) is 2. The number of rotatable bonds is 5. The van der Waals surface area contributed by atoms with Crippen molar-refractivity contribution in [3.05, 3.63) is 65.0 Å². The number of carbonyl (C=O) groups excluding carboxylic acids is 2. The summed E-state index contributed by atoms with van der Waals surface area (Å²) < 4.78 is 14.5. The van der Waals surface area contributed by atoms with Gasteiger partial charge in [0.15, 0.2) is 0 Å². The van der Waals surface area contributed by atoms with Crippen molar-refractivity contribution in [1.29, 1.82) is 5.26 Å². The number of halogens is 1. The van der Waals surface area contributed by atoms with Crippen molar-refractivity contribution in [2.24, 2.45) is 0 Å². The molecule has 25 heavy (non-hydrogen) atoms. The Hall–Kier alpha value is -3.24. The van der Waals surface area contributed by atoms with Crippen molar-refractivity contribution in [3.8, 4) is 6.07 Å². The number of aryl methyl sites for hydroxylation is 1. The normalized spacial score (nSPS) is 10.0. The predicted octanol–water partition coefficient (Wildman–Crippen LogP) is 2.55.